The molecule has 1 aromatic heterocycles. The van der Waals surface area contributed by atoms with Gasteiger partial charge in [0.05, 0.1) is 12.8 Å². The highest BCUT2D eigenvalue weighted by molar-refractivity contribution is 5.87. The first-order valence-corrected chi connectivity index (χ1v) is 9.33. The molecule has 0 saturated carbocycles. The number of carbonyl (C=O) groups excluding carboxylic acids is 2. The summed E-state index contributed by atoms with van der Waals surface area (Å²) in [5.74, 6) is 0.600. The third-order valence-corrected chi connectivity index (χ3v) is 4.33. The van der Waals surface area contributed by atoms with Crippen LogP contribution in [0.2, 0.25) is 0 Å². The molecule has 1 heterocycles. The molecule has 0 atom stereocenters. The second-order valence-electron chi connectivity index (χ2n) is 8.09. The molecule has 5 heteroatoms. The van der Waals surface area contributed by atoms with Gasteiger partial charge in [-0.05, 0) is 31.5 Å². The quantitative estimate of drug-likeness (QED) is 0.737. The molecule has 0 unspecified atom stereocenters. The predicted molar refractivity (Wildman–Crippen MR) is 106 cm³/mol. The first-order valence-electron chi connectivity index (χ1n) is 9.33. The van der Waals surface area contributed by atoms with Crippen molar-refractivity contribution in [3.8, 4) is 0 Å². The first kappa shape index (κ1) is 20.7. The molecule has 27 heavy (non-hydrogen) atoms. The van der Waals surface area contributed by atoms with Crippen molar-refractivity contribution in [1.82, 2.24) is 9.80 Å². The van der Waals surface area contributed by atoms with E-state index in [2.05, 4.69) is 0 Å². The largest absolute Gasteiger partial charge is 0.467 e. The lowest BCUT2D eigenvalue weighted by Gasteiger charge is -2.34. The lowest BCUT2D eigenvalue weighted by Crippen LogP contribution is -2.49. The van der Waals surface area contributed by atoms with Crippen molar-refractivity contribution < 1.29 is 14.0 Å². The van der Waals surface area contributed by atoms with Crippen molar-refractivity contribution in [3.63, 3.8) is 0 Å². The highest BCUT2D eigenvalue weighted by Crippen LogP contribution is 2.20. The standard InChI is InChI=1S/C22H30N2O3/c1-17(2)24(21(26)22(3,4)5)16-20(25)23(15-19-12-9-13-27-19)14-18-10-7-6-8-11-18/h6-13,17H,14-16H2,1-5H3. The van der Waals surface area contributed by atoms with Gasteiger partial charge in [0, 0.05) is 18.0 Å². The van der Waals surface area contributed by atoms with E-state index in [9.17, 15) is 9.59 Å². The molecule has 5 nitrogen and oxygen atoms in total. The van der Waals surface area contributed by atoms with Crippen molar-refractivity contribution in [2.75, 3.05) is 6.54 Å². The average molecular weight is 370 g/mol. The minimum Gasteiger partial charge on any atom is -0.467 e. The number of amides is 2. The van der Waals surface area contributed by atoms with Crippen LogP contribution in [0.1, 0.15) is 45.9 Å². The zero-order chi connectivity index (χ0) is 20.0. The van der Waals surface area contributed by atoms with E-state index in [1.165, 1.54) is 0 Å². The van der Waals surface area contributed by atoms with Gasteiger partial charge in [-0.2, -0.15) is 0 Å². The number of hydrogen-bond donors (Lipinski definition) is 0. The number of rotatable bonds is 7. The van der Waals surface area contributed by atoms with Gasteiger partial charge in [0.15, 0.2) is 0 Å². The summed E-state index contributed by atoms with van der Waals surface area (Å²) in [7, 11) is 0. The molecule has 0 aliphatic rings. The van der Waals surface area contributed by atoms with Gasteiger partial charge < -0.3 is 14.2 Å². The van der Waals surface area contributed by atoms with Crippen LogP contribution < -0.4 is 0 Å². The molecule has 0 fully saturated rings. The van der Waals surface area contributed by atoms with Crippen LogP contribution in [0.5, 0.6) is 0 Å². The van der Waals surface area contributed by atoms with Crippen molar-refractivity contribution in [3.05, 3.63) is 60.1 Å². The van der Waals surface area contributed by atoms with Gasteiger partial charge in [0.2, 0.25) is 11.8 Å². The fourth-order valence-corrected chi connectivity index (χ4v) is 2.79. The minimum atomic E-state index is -0.532. The first-order chi connectivity index (χ1) is 12.7. The molecule has 0 N–H and O–H groups in total. The number of benzene rings is 1. The summed E-state index contributed by atoms with van der Waals surface area (Å²) in [5, 5.41) is 0. The van der Waals surface area contributed by atoms with Crippen LogP contribution in [0.3, 0.4) is 0 Å². The average Bonchev–Trinajstić information content (AvgIpc) is 3.11. The third kappa shape index (κ3) is 5.98. The summed E-state index contributed by atoms with van der Waals surface area (Å²) in [4.78, 5) is 29.3. The maximum atomic E-state index is 13.1. The minimum absolute atomic E-state index is 0.0245. The van der Waals surface area contributed by atoms with E-state index in [-0.39, 0.29) is 24.4 Å². The Morgan fingerprint density at radius 1 is 1.00 bits per heavy atom. The summed E-state index contributed by atoms with van der Waals surface area (Å²) in [6.07, 6.45) is 1.60. The van der Waals surface area contributed by atoms with E-state index in [1.54, 1.807) is 16.1 Å². The second-order valence-corrected chi connectivity index (χ2v) is 8.09. The predicted octanol–water partition coefficient (Wildman–Crippen LogP) is 4.09. The van der Waals surface area contributed by atoms with Crippen molar-refractivity contribution in [2.24, 2.45) is 5.41 Å². The van der Waals surface area contributed by atoms with Gasteiger partial charge >= 0.3 is 0 Å². The zero-order valence-electron chi connectivity index (χ0n) is 16.9. The van der Waals surface area contributed by atoms with E-state index >= 15 is 0 Å². The molecule has 2 amide bonds. The van der Waals surface area contributed by atoms with Crippen LogP contribution in [0.15, 0.2) is 53.1 Å². The monoisotopic (exact) mass is 370 g/mol. The molecule has 0 radical (unpaired) electrons. The lowest BCUT2D eigenvalue weighted by atomic mass is 9.94. The summed E-state index contributed by atoms with van der Waals surface area (Å²) in [6.45, 7) is 10.4. The molecule has 2 aromatic rings. The molecular weight excluding hydrogens is 340 g/mol. The maximum Gasteiger partial charge on any atom is 0.242 e. The van der Waals surface area contributed by atoms with Crippen LogP contribution in [0.25, 0.3) is 0 Å². The molecule has 0 spiro atoms. The van der Waals surface area contributed by atoms with Gasteiger partial charge in [-0.3, -0.25) is 9.59 Å². The SMILES string of the molecule is CC(C)N(CC(=O)N(Cc1ccccc1)Cc1ccco1)C(=O)C(C)(C)C. The van der Waals surface area contributed by atoms with Crippen LogP contribution in [-0.2, 0) is 22.7 Å². The van der Waals surface area contributed by atoms with E-state index in [0.717, 1.165) is 11.3 Å². The molecular formula is C22H30N2O3. The van der Waals surface area contributed by atoms with E-state index in [0.29, 0.717) is 13.1 Å². The van der Waals surface area contributed by atoms with E-state index in [4.69, 9.17) is 4.42 Å². The summed E-state index contributed by atoms with van der Waals surface area (Å²) < 4.78 is 5.43. The Labute approximate surface area is 162 Å². The van der Waals surface area contributed by atoms with Gasteiger partial charge in [-0.1, -0.05) is 51.1 Å². The topological polar surface area (TPSA) is 53.8 Å². The third-order valence-electron chi connectivity index (χ3n) is 4.33. The summed E-state index contributed by atoms with van der Waals surface area (Å²) in [6, 6.07) is 13.4. The van der Waals surface area contributed by atoms with Gasteiger partial charge in [-0.25, -0.2) is 0 Å². The van der Waals surface area contributed by atoms with Crippen LogP contribution >= 0.6 is 0 Å². The Bertz CT molecular complexity index is 731. The fourth-order valence-electron chi connectivity index (χ4n) is 2.79. The summed E-state index contributed by atoms with van der Waals surface area (Å²) >= 11 is 0. The van der Waals surface area contributed by atoms with Gasteiger partial charge in [0.1, 0.15) is 12.3 Å². The van der Waals surface area contributed by atoms with Crippen molar-refractivity contribution >= 4 is 11.8 Å². The molecule has 0 aliphatic heterocycles. The number of hydrogen-bond acceptors (Lipinski definition) is 3. The zero-order valence-corrected chi connectivity index (χ0v) is 16.9. The number of carbonyl (C=O) groups is 2. The Balaban J connectivity index is 2.19. The molecule has 2 rings (SSSR count). The molecule has 0 saturated heterocycles. The highest BCUT2D eigenvalue weighted by Gasteiger charge is 2.31. The van der Waals surface area contributed by atoms with Crippen molar-refractivity contribution in [2.45, 2.75) is 53.8 Å². The maximum absolute atomic E-state index is 13.1. The van der Waals surface area contributed by atoms with Gasteiger partial charge in [0.25, 0.3) is 0 Å². The van der Waals surface area contributed by atoms with Gasteiger partial charge in [-0.15, -0.1) is 0 Å². The molecule has 0 aliphatic carbocycles. The molecule has 146 valence electrons. The number of nitrogens with zero attached hydrogens (tertiary/aromatic N) is 2. The van der Waals surface area contributed by atoms with E-state index < -0.39 is 5.41 Å². The normalized spacial score (nSPS) is 11.5. The van der Waals surface area contributed by atoms with E-state index in [1.807, 2.05) is 77.1 Å². The fraction of sp³-hybridized carbons (Fsp3) is 0.455. The Morgan fingerprint density at radius 2 is 1.67 bits per heavy atom. The summed E-state index contributed by atoms with van der Waals surface area (Å²) in [5.41, 5.74) is 0.506. The van der Waals surface area contributed by atoms with Crippen LogP contribution in [0.4, 0.5) is 0 Å². The molecule has 1 aromatic carbocycles. The Hall–Kier alpha value is -2.56. The second kappa shape index (κ2) is 8.89. The van der Waals surface area contributed by atoms with Crippen LogP contribution in [0, 0.1) is 5.41 Å². The molecule has 0 bridgehead atoms. The smallest absolute Gasteiger partial charge is 0.242 e. The lowest BCUT2D eigenvalue weighted by molar-refractivity contribution is -0.147. The Morgan fingerprint density at radius 3 is 2.19 bits per heavy atom. The number of furan rings is 1. The highest BCUT2D eigenvalue weighted by atomic mass is 16.3. The van der Waals surface area contributed by atoms with Crippen molar-refractivity contribution in [1.29, 1.82) is 0 Å². The Kier molecular flexibility index (Phi) is 6.83. The van der Waals surface area contributed by atoms with Crippen LogP contribution in [-0.4, -0.2) is 34.2 Å².